The maximum absolute atomic E-state index is 12.0. The van der Waals surface area contributed by atoms with Gasteiger partial charge in [-0.25, -0.2) is 8.42 Å². The third kappa shape index (κ3) is 5.07. The molecule has 5 nitrogen and oxygen atoms in total. The fourth-order valence-corrected chi connectivity index (χ4v) is 3.14. The minimum atomic E-state index is -3.48. The fraction of sp³-hybridized carbons (Fsp3) is 0.267. The first kappa shape index (κ1) is 15.3. The average Bonchev–Trinajstić information content (AvgIpc) is 2.91. The second-order valence-electron chi connectivity index (χ2n) is 4.87. The van der Waals surface area contributed by atoms with Crippen molar-refractivity contribution in [2.45, 2.75) is 19.2 Å². The number of hydrogen-bond donors (Lipinski definition) is 1. The summed E-state index contributed by atoms with van der Waals surface area (Å²) in [5.41, 5.74) is 1.74. The highest BCUT2D eigenvalue weighted by Crippen LogP contribution is 2.08. The van der Waals surface area contributed by atoms with E-state index in [4.69, 9.17) is 4.42 Å². The van der Waals surface area contributed by atoms with Crippen LogP contribution in [0.4, 0.5) is 0 Å². The molecule has 0 aliphatic heterocycles. The van der Waals surface area contributed by atoms with Crippen LogP contribution in [0.1, 0.15) is 16.9 Å². The number of rotatable bonds is 6. The molecule has 0 spiro atoms. The van der Waals surface area contributed by atoms with Crippen molar-refractivity contribution in [2.75, 3.05) is 5.75 Å². The van der Waals surface area contributed by atoms with E-state index in [0.717, 1.165) is 5.56 Å². The van der Waals surface area contributed by atoms with E-state index >= 15 is 0 Å². The number of hydrogen-bond acceptors (Lipinski definition) is 4. The van der Waals surface area contributed by atoms with Crippen molar-refractivity contribution in [3.63, 3.8) is 0 Å². The van der Waals surface area contributed by atoms with Gasteiger partial charge in [0.2, 0.25) is 5.91 Å². The van der Waals surface area contributed by atoms with Gasteiger partial charge in [0.1, 0.15) is 11.5 Å². The molecule has 0 fully saturated rings. The molecule has 0 unspecified atom stereocenters. The first-order chi connectivity index (χ1) is 9.94. The van der Waals surface area contributed by atoms with Gasteiger partial charge in [-0.05, 0) is 24.6 Å². The van der Waals surface area contributed by atoms with Crippen molar-refractivity contribution in [3.05, 3.63) is 59.5 Å². The molecular weight excluding hydrogens is 290 g/mol. The lowest BCUT2D eigenvalue weighted by atomic mass is 10.2. The molecule has 1 heterocycles. The van der Waals surface area contributed by atoms with Gasteiger partial charge in [0.25, 0.3) is 0 Å². The molecule has 1 aromatic carbocycles. The number of carbonyl (C=O) groups is 1. The van der Waals surface area contributed by atoms with Crippen LogP contribution in [0, 0.1) is 6.92 Å². The van der Waals surface area contributed by atoms with Crippen molar-refractivity contribution < 1.29 is 17.6 Å². The van der Waals surface area contributed by atoms with E-state index in [2.05, 4.69) is 5.32 Å². The van der Waals surface area contributed by atoms with Crippen molar-refractivity contribution in [1.82, 2.24) is 5.32 Å². The van der Waals surface area contributed by atoms with Crippen LogP contribution in [0.2, 0.25) is 0 Å². The number of sulfone groups is 1. The van der Waals surface area contributed by atoms with Crippen LogP contribution in [0.5, 0.6) is 0 Å². The molecule has 0 aliphatic rings. The molecule has 21 heavy (non-hydrogen) atoms. The number of carbonyl (C=O) groups excluding carboxylic acids is 1. The molecule has 1 aromatic heterocycles. The molecule has 0 bridgehead atoms. The molecule has 1 N–H and O–H groups in total. The second-order valence-corrected chi connectivity index (χ2v) is 6.94. The quantitative estimate of drug-likeness (QED) is 0.883. The predicted octanol–water partition coefficient (Wildman–Crippen LogP) is 1.82. The summed E-state index contributed by atoms with van der Waals surface area (Å²) >= 11 is 0. The molecule has 0 aliphatic carbocycles. The maximum Gasteiger partial charge on any atom is 0.235 e. The van der Waals surface area contributed by atoms with E-state index in [0.29, 0.717) is 11.3 Å². The number of benzene rings is 1. The van der Waals surface area contributed by atoms with Crippen molar-refractivity contribution in [3.8, 4) is 0 Å². The summed E-state index contributed by atoms with van der Waals surface area (Å²) in [6.07, 6.45) is 1.50. The van der Waals surface area contributed by atoms with Gasteiger partial charge in [0, 0.05) is 0 Å². The number of nitrogens with one attached hydrogen (secondary N) is 1. The van der Waals surface area contributed by atoms with E-state index < -0.39 is 21.5 Å². The Morgan fingerprint density at radius 2 is 1.90 bits per heavy atom. The van der Waals surface area contributed by atoms with E-state index in [1.165, 1.54) is 6.26 Å². The summed E-state index contributed by atoms with van der Waals surface area (Å²) in [5, 5.41) is 2.52. The Bertz CT molecular complexity index is 688. The highest BCUT2D eigenvalue weighted by molar-refractivity contribution is 7.91. The molecule has 0 saturated heterocycles. The zero-order chi connectivity index (χ0) is 15.3. The molecule has 2 rings (SSSR count). The van der Waals surface area contributed by atoms with Crippen molar-refractivity contribution >= 4 is 15.7 Å². The van der Waals surface area contributed by atoms with Gasteiger partial charge in [-0.3, -0.25) is 4.79 Å². The lowest BCUT2D eigenvalue weighted by molar-refractivity contribution is -0.118. The second kappa shape index (κ2) is 6.58. The highest BCUT2D eigenvalue weighted by Gasteiger charge is 2.17. The number of amides is 1. The van der Waals surface area contributed by atoms with Crippen LogP contribution in [0.15, 0.2) is 47.1 Å². The molecule has 0 radical (unpaired) electrons. The summed E-state index contributed by atoms with van der Waals surface area (Å²) in [7, 11) is -3.48. The molecule has 6 heteroatoms. The summed E-state index contributed by atoms with van der Waals surface area (Å²) < 4.78 is 29.0. The van der Waals surface area contributed by atoms with Crippen molar-refractivity contribution in [1.29, 1.82) is 0 Å². The molecule has 2 aromatic rings. The molecule has 1 amide bonds. The van der Waals surface area contributed by atoms with Crippen LogP contribution in [-0.4, -0.2) is 20.1 Å². The Morgan fingerprint density at radius 1 is 1.19 bits per heavy atom. The summed E-state index contributed by atoms with van der Waals surface area (Å²) in [6, 6.07) is 10.6. The summed E-state index contributed by atoms with van der Waals surface area (Å²) in [5.74, 6) is -0.610. The van der Waals surface area contributed by atoms with Crippen LogP contribution >= 0.6 is 0 Å². The molecule has 0 saturated carbocycles. The largest absolute Gasteiger partial charge is 0.467 e. The van der Waals surface area contributed by atoms with Gasteiger partial charge in [-0.15, -0.1) is 0 Å². The Balaban J connectivity index is 1.88. The fourth-order valence-electron chi connectivity index (χ4n) is 1.84. The summed E-state index contributed by atoms with van der Waals surface area (Å²) in [6.45, 7) is 2.12. The molecule has 112 valence electrons. The van der Waals surface area contributed by atoms with Gasteiger partial charge in [-0.1, -0.05) is 29.8 Å². The third-order valence-electron chi connectivity index (χ3n) is 2.90. The Morgan fingerprint density at radius 3 is 2.52 bits per heavy atom. The van der Waals surface area contributed by atoms with Gasteiger partial charge < -0.3 is 9.73 Å². The lowest BCUT2D eigenvalue weighted by Crippen LogP contribution is -2.30. The minimum absolute atomic E-state index is 0.137. The number of aryl methyl sites for hydroxylation is 1. The van der Waals surface area contributed by atoms with Crippen LogP contribution < -0.4 is 5.32 Å². The molecular formula is C15H17NO4S. The first-order valence-corrected chi connectivity index (χ1v) is 8.32. The zero-order valence-electron chi connectivity index (χ0n) is 11.7. The van der Waals surface area contributed by atoms with Gasteiger partial charge in [0.15, 0.2) is 9.84 Å². The van der Waals surface area contributed by atoms with E-state index in [-0.39, 0.29) is 12.3 Å². The standard InChI is InChI=1S/C15H17NO4S/c1-12-4-6-13(7-5-12)10-21(18,19)11-15(17)16-9-14-3-2-8-20-14/h2-8H,9-11H2,1H3,(H,16,17). The van der Waals surface area contributed by atoms with Crippen molar-refractivity contribution in [2.24, 2.45) is 0 Å². The minimum Gasteiger partial charge on any atom is -0.467 e. The monoisotopic (exact) mass is 307 g/mol. The van der Waals surface area contributed by atoms with Crippen LogP contribution in [-0.2, 0) is 26.9 Å². The predicted molar refractivity (Wildman–Crippen MR) is 79.2 cm³/mol. The SMILES string of the molecule is Cc1ccc(CS(=O)(=O)CC(=O)NCc2ccco2)cc1. The van der Waals surface area contributed by atoms with E-state index in [1.807, 2.05) is 19.1 Å². The maximum atomic E-state index is 12.0. The van der Waals surface area contributed by atoms with E-state index in [9.17, 15) is 13.2 Å². The number of furan rings is 1. The molecule has 0 atom stereocenters. The smallest absolute Gasteiger partial charge is 0.235 e. The van der Waals surface area contributed by atoms with Crippen LogP contribution in [0.25, 0.3) is 0 Å². The average molecular weight is 307 g/mol. The first-order valence-electron chi connectivity index (χ1n) is 6.50. The Kier molecular flexibility index (Phi) is 4.80. The zero-order valence-corrected chi connectivity index (χ0v) is 12.5. The Hall–Kier alpha value is -2.08. The topological polar surface area (TPSA) is 76.4 Å². The highest BCUT2D eigenvalue weighted by atomic mass is 32.2. The van der Waals surface area contributed by atoms with E-state index in [1.54, 1.807) is 24.3 Å². The third-order valence-corrected chi connectivity index (χ3v) is 4.37. The van der Waals surface area contributed by atoms with Gasteiger partial charge in [-0.2, -0.15) is 0 Å². The normalized spacial score (nSPS) is 11.3. The van der Waals surface area contributed by atoms with Gasteiger partial charge in [0.05, 0.1) is 18.6 Å². The Labute approximate surface area is 123 Å². The summed E-state index contributed by atoms with van der Waals surface area (Å²) in [4.78, 5) is 11.7. The van der Waals surface area contributed by atoms with Crippen LogP contribution in [0.3, 0.4) is 0 Å². The lowest BCUT2D eigenvalue weighted by Gasteiger charge is -2.06. The van der Waals surface area contributed by atoms with Gasteiger partial charge >= 0.3 is 0 Å².